The van der Waals surface area contributed by atoms with Crippen molar-refractivity contribution >= 4 is 35.1 Å². The summed E-state index contributed by atoms with van der Waals surface area (Å²) in [6.45, 7) is 0.450. The average Bonchev–Trinajstić information content (AvgIpc) is 2.31. The van der Waals surface area contributed by atoms with E-state index in [0.29, 0.717) is 6.54 Å². The third kappa shape index (κ3) is 5.32. The molecular weight excluding hydrogens is 305 g/mol. The largest absolute Gasteiger partial charge is 0.480 e. The maximum atomic E-state index is 12.3. The summed E-state index contributed by atoms with van der Waals surface area (Å²) in [5.41, 5.74) is 0.218. The lowest BCUT2D eigenvalue weighted by molar-refractivity contribution is -0.137. The van der Waals surface area contributed by atoms with E-state index in [9.17, 15) is 9.59 Å². The first kappa shape index (κ1) is 16.7. The number of carboxylic acid groups (broad SMARTS) is 1. The number of pyridine rings is 1. The van der Waals surface area contributed by atoms with Gasteiger partial charge in [-0.25, -0.2) is 4.98 Å². The summed E-state index contributed by atoms with van der Waals surface area (Å²) >= 11 is 11.5. The molecule has 6 nitrogen and oxygen atoms in total. The molecule has 110 valence electrons. The molecule has 8 heteroatoms. The van der Waals surface area contributed by atoms with Gasteiger partial charge in [-0.15, -0.1) is 0 Å². The molecule has 0 fully saturated rings. The summed E-state index contributed by atoms with van der Waals surface area (Å²) in [6, 6.07) is 2.72. The van der Waals surface area contributed by atoms with Crippen molar-refractivity contribution in [3.8, 4) is 0 Å². The summed E-state index contributed by atoms with van der Waals surface area (Å²) in [4.78, 5) is 30.0. The molecule has 0 aliphatic carbocycles. The van der Waals surface area contributed by atoms with Gasteiger partial charge in [0.25, 0.3) is 5.91 Å². The van der Waals surface area contributed by atoms with Crippen molar-refractivity contribution in [2.75, 3.05) is 33.7 Å². The number of likely N-dealkylation sites (N-methyl/N-ethyl adjacent to an activating group) is 1. The van der Waals surface area contributed by atoms with Crippen LogP contribution in [0.4, 0.5) is 0 Å². The summed E-state index contributed by atoms with van der Waals surface area (Å²) in [5.74, 6) is -1.52. The Kier molecular flexibility index (Phi) is 6.19. The topological polar surface area (TPSA) is 73.7 Å². The number of aliphatic carboxylic acids is 1. The van der Waals surface area contributed by atoms with E-state index in [-0.39, 0.29) is 29.0 Å². The molecule has 20 heavy (non-hydrogen) atoms. The zero-order chi connectivity index (χ0) is 15.3. The number of carbonyl (C=O) groups is 2. The lowest BCUT2D eigenvalue weighted by Gasteiger charge is -2.22. The van der Waals surface area contributed by atoms with E-state index in [0.717, 1.165) is 0 Å². The summed E-state index contributed by atoms with van der Waals surface area (Å²) in [5, 5.41) is 9.06. The lowest BCUT2D eigenvalue weighted by Crippen LogP contribution is -2.40. The fourth-order valence-corrected chi connectivity index (χ4v) is 1.97. The zero-order valence-corrected chi connectivity index (χ0v) is 12.6. The molecule has 0 unspecified atom stereocenters. The maximum absolute atomic E-state index is 12.3. The molecule has 1 aromatic rings. The number of hydrogen-bond donors (Lipinski definition) is 1. The molecule has 0 aliphatic heterocycles. The van der Waals surface area contributed by atoms with E-state index in [2.05, 4.69) is 4.98 Å². The van der Waals surface area contributed by atoms with E-state index >= 15 is 0 Å². The van der Waals surface area contributed by atoms with Crippen molar-refractivity contribution in [2.45, 2.75) is 0 Å². The summed E-state index contributed by atoms with van der Waals surface area (Å²) in [7, 11) is 3.67. The van der Waals surface area contributed by atoms with Gasteiger partial charge in [-0.1, -0.05) is 23.2 Å². The van der Waals surface area contributed by atoms with Crippen LogP contribution in [0, 0.1) is 0 Å². The maximum Gasteiger partial charge on any atom is 0.323 e. The minimum absolute atomic E-state index is 0.0868. The van der Waals surface area contributed by atoms with Gasteiger partial charge in [0.1, 0.15) is 16.9 Å². The predicted molar refractivity (Wildman–Crippen MR) is 76.4 cm³/mol. The second-order valence-corrected chi connectivity index (χ2v) is 5.20. The number of carbonyl (C=O) groups excluding carboxylic acids is 1. The van der Waals surface area contributed by atoms with Crippen molar-refractivity contribution in [2.24, 2.45) is 0 Å². The van der Waals surface area contributed by atoms with Gasteiger partial charge in [0.15, 0.2) is 0 Å². The van der Waals surface area contributed by atoms with Crippen LogP contribution in [0.2, 0.25) is 10.3 Å². The highest BCUT2D eigenvalue weighted by Gasteiger charge is 2.19. The monoisotopic (exact) mass is 319 g/mol. The van der Waals surface area contributed by atoms with Crippen molar-refractivity contribution in [1.82, 2.24) is 14.8 Å². The van der Waals surface area contributed by atoms with Gasteiger partial charge in [0.2, 0.25) is 0 Å². The van der Waals surface area contributed by atoms with Gasteiger partial charge in [0.05, 0.1) is 0 Å². The molecular formula is C12H15Cl2N3O3. The Morgan fingerprint density at radius 1 is 1.20 bits per heavy atom. The summed E-state index contributed by atoms with van der Waals surface area (Å²) in [6.07, 6.45) is 0. The van der Waals surface area contributed by atoms with Crippen LogP contribution in [0.25, 0.3) is 0 Å². The second-order valence-electron chi connectivity index (χ2n) is 4.42. The van der Waals surface area contributed by atoms with Crippen molar-refractivity contribution < 1.29 is 14.7 Å². The minimum atomic E-state index is -1.08. The molecule has 1 heterocycles. The van der Waals surface area contributed by atoms with Crippen LogP contribution in [-0.4, -0.2) is 65.5 Å². The van der Waals surface area contributed by atoms with Crippen LogP contribution < -0.4 is 0 Å². The van der Waals surface area contributed by atoms with Gasteiger partial charge in [0, 0.05) is 18.7 Å². The minimum Gasteiger partial charge on any atom is -0.480 e. The summed E-state index contributed by atoms with van der Waals surface area (Å²) < 4.78 is 0. The fourth-order valence-electron chi connectivity index (χ4n) is 1.51. The number of rotatable bonds is 6. The highest BCUT2D eigenvalue weighted by molar-refractivity contribution is 6.33. The van der Waals surface area contributed by atoms with Crippen molar-refractivity contribution in [3.05, 3.63) is 28.0 Å². The van der Waals surface area contributed by atoms with Gasteiger partial charge in [-0.05, 0) is 26.2 Å². The predicted octanol–water partition coefficient (Wildman–Crippen LogP) is 1.48. The Morgan fingerprint density at radius 3 is 2.20 bits per heavy atom. The number of carboxylic acids is 1. The molecule has 0 radical (unpaired) electrons. The molecule has 1 rings (SSSR count). The second kappa shape index (κ2) is 7.42. The highest BCUT2D eigenvalue weighted by atomic mass is 35.5. The Bertz CT molecular complexity index is 488. The average molecular weight is 320 g/mol. The number of halogens is 2. The van der Waals surface area contributed by atoms with Crippen LogP contribution in [-0.2, 0) is 4.79 Å². The quantitative estimate of drug-likeness (QED) is 0.804. The molecule has 0 saturated heterocycles. The van der Waals surface area contributed by atoms with E-state index in [1.54, 1.807) is 0 Å². The van der Waals surface area contributed by atoms with Crippen molar-refractivity contribution in [1.29, 1.82) is 0 Å². The fraction of sp³-hybridized carbons (Fsp3) is 0.417. The first-order valence-electron chi connectivity index (χ1n) is 5.78. The lowest BCUT2D eigenvalue weighted by atomic mass is 10.2. The molecule has 0 aliphatic rings. The van der Waals surface area contributed by atoms with Gasteiger partial charge in [-0.2, -0.15) is 0 Å². The number of nitrogens with zero attached hydrogens (tertiary/aromatic N) is 3. The van der Waals surface area contributed by atoms with Gasteiger partial charge < -0.3 is 14.9 Å². The molecule has 1 amide bonds. The van der Waals surface area contributed by atoms with Crippen LogP contribution in [0.1, 0.15) is 10.4 Å². The first-order chi connectivity index (χ1) is 9.29. The third-order valence-electron chi connectivity index (χ3n) is 2.44. The molecule has 0 atom stereocenters. The number of aromatic nitrogens is 1. The van der Waals surface area contributed by atoms with E-state index in [1.807, 2.05) is 19.0 Å². The van der Waals surface area contributed by atoms with Gasteiger partial charge >= 0.3 is 5.97 Å². The van der Waals surface area contributed by atoms with E-state index in [4.69, 9.17) is 28.3 Å². The van der Waals surface area contributed by atoms with Crippen LogP contribution >= 0.6 is 23.2 Å². The van der Waals surface area contributed by atoms with E-state index in [1.165, 1.54) is 17.0 Å². The smallest absolute Gasteiger partial charge is 0.323 e. The number of hydrogen-bond acceptors (Lipinski definition) is 4. The van der Waals surface area contributed by atoms with E-state index < -0.39 is 11.9 Å². The molecule has 0 spiro atoms. The van der Waals surface area contributed by atoms with Gasteiger partial charge in [-0.3, -0.25) is 9.59 Å². The van der Waals surface area contributed by atoms with Crippen molar-refractivity contribution in [3.63, 3.8) is 0 Å². The van der Waals surface area contributed by atoms with Crippen LogP contribution in [0.3, 0.4) is 0 Å². The Labute approximate surface area is 126 Å². The molecule has 0 bridgehead atoms. The zero-order valence-electron chi connectivity index (χ0n) is 11.1. The molecule has 1 aromatic heterocycles. The normalized spacial score (nSPS) is 10.7. The standard InChI is InChI=1S/C12H15Cl2N3O3/c1-16(2)3-4-17(7-11(18)19)12(20)8-5-9(13)15-10(14)6-8/h5-6H,3-4,7H2,1-2H3,(H,18,19). The Balaban J connectivity index is 2.93. The Hall–Kier alpha value is -1.37. The SMILES string of the molecule is CN(C)CCN(CC(=O)O)C(=O)c1cc(Cl)nc(Cl)c1. The van der Waals surface area contributed by atoms with Crippen LogP contribution in [0.15, 0.2) is 12.1 Å². The Morgan fingerprint density at radius 2 is 1.75 bits per heavy atom. The molecule has 0 saturated carbocycles. The molecule has 0 aromatic carbocycles. The number of amides is 1. The first-order valence-corrected chi connectivity index (χ1v) is 6.54. The molecule has 1 N–H and O–H groups in total. The third-order valence-corrected chi connectivity index (χ3v) is 2.83. The highest BCUT2D eigenvalue weighted by Crippen LogP contribution is 2.16. The van der Waals surface area contributed by atoms with Crippen LogP contribution in [0.5, 0.6) is 0 Å².